The van der Waals surface area contributed by atoms with Gasteiger partial charge >= 0.3 is 7.82 Å². The fourth-order valence-electron chi connectivity index (χ4n) is 0.375. The lowest BCUT2D eigenvalue weighted by atomic mass is 10.5. The zero-order valence-corrected chi connectivity index (χ0v) is 9.22. The van der Waals surface area contributed by atoms with E-state index in [1.165, 1.54) is 14.2 Å². The highest BCUT2D eigenvalue weighted by Crippen LogP contribution is 2.49. The molecule has 0 spiro atoms. The van der Waals surface area contributed by atoms with Gasteiger partial charge in [0.05, 0.1) is 0 Å². The number of hydrogen-bond acceptors (Lipinski definition) is 4. The minimum atomic E-state index is -3.30. The average Bonchev–Trinajstić information content (AvgIpc) is 2.04. The van der Waals surface area contributed by atoms with Crippen LogP contribution in [0.2, 0.25) is 0 Å². The third-order valence-corrected chi connectivity index (χ3v) is 3.54. The molecule has 0 saturated heterocycles. The fraction of sp³-hybridized carbons (Fsp3) is 1.00. The normalized spacial score (nSPS) is 14.9. The minimum absolute atomic E-state index is 0.298. The van der Waals surface area contributed by atoms with Crippen LogP contribution in [-0.2, 0) is 18.1 Å². The third kappa shape index (κ3) is 4.23. The molecule has 4 nitrogen and oxygen atoms in total. The number of alkyl halides is 1. The molecule has 0 aromatic rings. The molecule has 0 aliphatic heterocycles. The van der Waals surface area contributed by atoms with Crippen molar-refractivity contribution in [1.29, 1.82) is 0 Å². The van der Waals surface area contributed by atoms with Crippen molar-refractivity contribution >= 4 is 23.8 Å². The third-order valence-electron chi connectivity index (χ3n) is 1.01. The van der Waals surface area contributed by atoms with E-state index in [2.05, 4.69) is 25.0 Å². The monoisotopic (exact) mass is 246 g/mol. The van der Waals surface area contributed by atoms with Crippen molar-refractivity contribution in [3.05, 3.63) is 0 Å². The Morgan fingerprint density at radius 1 is 1.45 bits per heavy atom. The minimum Gasteiger partial charge on any atom is -0.290 e. The first-order chi connectivity index (χ1) is 5.08. The van der Waals surface area contributed by atoms with E-state index in [-0.39, 0.29) is 5.01 Å². The zero-order chi connectivity index (χ0) is 8.91. The van der Waals surface area contributed by atoms with Crippen LogP contribution in [0.3, 0.4) is 0 Å². The Labute approximate surface area is 75.0 Å². The van der Waals surface area contributed by atoms with Gasteiger partial charge < -0.3 is 0 Å². The summed E-state index contributed by atoms with van der Waals surface area (Å²) in [5.41, 5.74) is 0. The van der Waals surface area contributed by atoms with Gasteiger partial charge in [0.2, 0.25) is 0 Å². The maximum atomic E-state index is 11.2. The second-order valence-electron chi connectivity index (χ2n) is 1.74. The lowest BCUT2D eigenvalue weighted by molar-refractivity contribution is 0.142. The van der Waals surface area contributed by atoms with Crippen LogP contribution < -0.4 is 0 Å². The van der Waals surface area contributed by atoms with Crippen LogP contribution in [0.1, 0.15) is 13.3 Å². The Hall–Kier alpha value is 0.590. The van der Waals surface area contributed by atoms with Gasteiger partial charge in [0.1, 0.15) is 5.01 Å². The van der Waals surface area contributed by atoms with Gasteiger partial charge in [0, 0.05) is 14.2 Å². The smallest absolute Gasteiger partial charge is 0.290 e. The van der Waals surface area contributed by atoms with Gasteiger partial charge in [0.25, 0.3) is 0 Å². The standard InChI is InChI=1S/C5H12BrO4P/c1-4-5(6)10-11(7,8-2)9-3/h5H,4H2,1-3H3. The van der Waals surface area contributed by atoms with Gasteiger partial charge in [-0.15, -0.1) is 0 Å². The Balaban J connectivity index is 3.97. The molecule has 0 rings (SSSR count). The van der Waals surface area contributed by atoms with Crippen LogP contribution in [0.25, 0.3) is 0 Å². The Morgan fingerprint density at radius 2 is 1.91 bits per heavy atom. The molecule has 0 aromatic heterocycles. The summed E-state index contributed by atoms with van der Waals surface area (Å²) in [7, 11) is -0.746. The topological polar surface area (TPSA) is 44.8 Å². The molecule has 0 aliphatic rings. The maximum absolute atomic E-state index is 11.2. The fourth-order valence-corrected chi connectivity index (χ4v) is 1.74. The Bertz CT molecular complexity index is 143. The summed E-state index contributed by atoms with van der Waals surface area (Å²) in [6, 6.07) is 0. The first kappa shape index (κ1) is 11.6. The molecule has 68 valence electrons. The number of halogens is 1. The number of hydrogen-bond donors (Lipinski definition) is 0. The quantitative estimate of drug-likeness (QED) is 0.553. The summed E-state index contributed by atoms with van der Waals surface area (Å²) in [5.74, 6) is 0. The molecule has 0 bridgehead atoms. The van der Waals surface area contributed by atoms with Crippen molar-refractivity contribution in [3.63, 3.8) is 0 Å². The summed E-state index contributed by atoms with van der Waals surface area (Å²) in [6.45, 7) is 1.88. The number of phosphoric ester groups is 1. The summed E-state index contributed by atoms with van der Waals surface area (Å²) in [4.78, 5) is 0. The first-order valence-corrected chi connectivity index (χ1v) is 5.49. The molecule has 11 heavy (non-hydrogen) atoms. The Morgan fingerprint density at radius 3 is 2.18 bits per heavy atom. The van der Waals surface area contributed by atoms with Crippen LogP contribution in [0.15, 0.2) is 0 Å². The second-order valence-corrected chi connectivity index (χ2v) is 4.59. The van der Waals surface area contributed by atoms with Gasteiger partial charge in [0.15, 0.2) is 0 Å². The van der Waals surface area contributed by atoms with Crippen molar-refractivity contribution in [2.45, 2.75) is 18.4 Å². The van der Waals surface area contributed by atoms with E-state index in [4.69, 9.17) is 4.52 Å². The highest BCUT2D eigenvalue weighted by atomic mass is 79.9. The van der Waals surface area contributed by atoms with Gasteiger partial charge in [-0.25, -0.2) is 4.57 Å². The molecular formula is C5H12BrO4P. The number of rotatable bonds is 5. The predicted molar refractivity (Wildman–Crippen MR) is 45.7 cm³/mol. The molecule has 0 radical (unpaired) electrons. The summed E-state index contributed by atoms with van der Waals surface area (Å²) in [6.07, 6.45) is 0.691. The molecule has 1 atom stereocenters. The average molecular weight is 247 g/mol. The second kappa shape index (κ2) is 5.27. The number of phosphoric acid groups is 1. The molecule has 0 aliphatic carbocycles. The van der Waals surface area contributed by atoms with E-state index in [0.717, 1.165) is 0 Å². The Kier molecular flexibility index (Phi) is 5.56. The first-order valence-electron chi connectivity index (χ1n) is 3.12. The summed E-state index contributed by atoms with van der Waals surface area (Å²) < 4.78 is 25.2. The van der Waals surface area contributed by atoms with E-state index in [1.807, 2.05) is 6.92 Å². The highest BCUT2D eigenvalue weighted by Gasteiger charge is 2.25. The van der Waals surface area contributed by atoms with E-state index in [9.17, 15) is 4.57 Å². The highest BCUT2D eigenvalue weighted by molar-refractivity contribution is 9.09. The van der Waals surface area contributed by atoms with Crippen molar-refractivity contribution < 1.29 is 18.1 Å². The van der Waals surface area contributed by atoms with Crippen molar-refractivity contribution in [3.8, 4) is 0 Å². The largest absolute Gasteiger partial charge is 0.475 e. The van der Waals surface area contributed by atoms with E-state index >= 15 is 0 Å². The van der Waals surface area contributed by atoms with Crippen molar-refractivity contribution in [1.82, 2.24) is 0 Å². The van der Waals surface area contributed by atoms with Crippen LogP contribution in [0.4, 0.5) is 0 Å². The van der Waals surface area contributed by atoms with E-state index < -0.39 is 7.82 Å². The van der Waals surface area contributed by atoms with Crippen LogP contribution in [0.5, 0.6) is 0 Å². The van der Waals surface area contributed by atoms with Crippen LogP contribution in [-0.4, -0.2) is 19.2 Å². The molecule has 0 amide bonds. The molecule has 1 unspecified atom stereocenters. The molecule has 0 saturated carbocycles. The molecular weight excluding hydrogens is 235 g/mol. The molecule has 0 fully saturated rings. The molecule has 6 heteroatoms. The summed E-state index contributed by atoms with van der Waals surface area (Å²) in [5, 5.41) is -0.298. The zero-order valence-electron chi connectivity index (χ0n) is 6.74. The SMILES string of the molecule is CCC(Br)OP(=O)(OC)OC. The van der Waals surface area contributed by atoms with Gasteiger partial charge in [-0.2, -0.15) is 0 Å². The van der Waals surface area contributed by atoms with Gasteiger partial charge in [-0.1, -0.05) is 22.9 Å². The van der Waals surface area contributed by atoms with Crippen molar-refractivity contribution in [2.24, 2.45) is 0 Å². The molecule has 0 aromatic carbocycles. The summed E-state index contributed by atoms with van der Waals surface area (Å²) >= 11 is 3.14. The van der Waals surface area contributed by atoms with E-state index in [1.54, 1.807) is 0 Å². The lowest BCUT2D eigenvalue weighted by Gasteiger charge is -2.15. The van der Waals surface area contributed by atoms with Crippen LogP contribution in [0, 0.1) is 0 Å². The molecule has 0 heterocycles. The van der Waals surface area contributed by atoms with Gasteiger partial charge in [-0.05, 0) is 6.42 Å². The lowest BCUT2D eigenvalue weighted by Crippen LogP contribution is -2.02. The van der Waals surface area contributed by atoms with Crippen molar-refractivity contribution in [2.75, 3.05) is 14.2 Å². The molecule has 0 N–H and O–H groups in total. The van der Waals surface area contributed by atoms with E-state index in [0.29, 0.717) is 6.42 Å². The van der Waals surface area contributed by atoms with Crippen LogP contribution >= 0.6 is 23.8 Å². The van der Waals surface area contributed by atoms with Gasteiger partial charge in [-0.3, -0.25) is 13.6 Å². The predicted octanol–water partition coefficient (Wildman–Crippen LogP) is 2.53. The maximum Gasteiger partial charge on any atom is 0.475 e.